The summed E-state index contributed by atoms with van der Waals surface area (Å²) in [6.45, 7) is 0.381. The molecule has 1 aliphatic carbocycles. The zero-order valence-electron chi connectivity index (χ0n) is 16.2. The molecule has 0 radical (unpaired) electrons. The maximum Gasteiger partial charge on any atom is 0.348 e. The minimum Gasteiger partial charge on any atom is -0.488 e. The molecule has 0 bridgehead atoms. The van der Waals surface area contributed by atoms with Gasteiger partial charge in [0.2, 0.25) is 0 Å². The van der Waals surface area contributed by atoms with Crippen molar-refractivity contribution in [2.75, 3.05) is 0 Å². The van der Waals surface area contributed by atoms with Crippen molar-refractivity contribution in [2.45, 2.75) is 44.5 Å². The standard InChI is InChI=1S/C23H20I2O5/c24-17-7-8-20(19(25)13-17)28-14-16-6-4-5-15(11-16)12-18-21(26)29-23(30-22(18)27)9-2-1-3-10-23/h4-8,11-13H,1-3,9-10,14H2. The molecule has 7 heteroatoms. The molecule has 1 saturated heterocycles. The highest BCUT2D eigenvalue weighted by Crippen LogP contribution is 2.37. The molecule has 2 aliphatic rings. The van der Waals surface area contributed by atoms with Gasteiger partial charge in [-0.05, 0) is 99.5 Å². The molecule has 0 unspecified atom stereocenters. The number of hydrogen-bond acceptors (Lipinski definition) is 5. The Hall–Kier alpha value is -1.62. The van der Waals surface area contributed by atoms with Crippen molar-refractivity contribution in [3.05, 3.63) is 66.3 Å². The van der Waals surface area contributed by atoms with Gasteiger partial charge < -0.3 is 14.2 Å². The SMILES string of the molecule is O=C1OC2(CCCCC2)OC(=O)C1=Cc1cccc(COc2ccc(I)cc2I)c1. The van der Waals surface area contributed by atoms with E-state index >= 15 is 0 Å². The summed E-state index contributed by atoms with van der Waals surface area (Å²) in [6, 6.07) is 13.5. The van der Waals surface area contributed by atoms with Gasteiger partial charge in [0, 0.05) is 16.4 Å². The van der Waals surface area contributed by atoms with Crippen molar-refractivity contribution in [3.63, 3.8) is 0 Å². The second kappa shape index (κ2) is 9.25. The third-order valence-corrected chi connectivity index (χ3v) is 6.68. The summed E-state index contributed by atoms with van der Waals surface area (Å²) in [4.78, 5) is 25.1. The predicted octanol–water partition coefficient (Wildman–Crippen LogP) is 5.62. The molecular weight excluding hydrogens is 610 g/mol. The molecule has 1 saturated carbocycles. The smallest absolute Gasteiger partial charge is 0.348 e. The normalized spacial score (nSPS) is 18.0. The van der Waals surface area contributed by atoms with E-state index in [9.17, 15) is 9.59 Å². The van der Waals surface area contributed by atoms with Gasteiger partial charge in [-0.3, -0.25) is 0 Å². The Morgan fingerprint density at radius 1 is 0.967 bits per heavy atom. The van der Waals surface area contributed by atoms with Gasteiger partial charge in [0.15, 0.2) is 0 Å². The van der Waals surface area contributed by atoms with E-state index in [-0.39, 0.29) is 5.57 Å². The van der Waals surface area contributed by atoms with Crippen molar-refractivity contribution >= 4 is 63.2 Å². The van der Waals surface area contributed by atoms with Crippen molar-refractivity contribution in [1.82, 2.24) is 0 Å². The van der Waals surface area contributed by atoms with Crippen molar-refractivity contribution in [3.8, 4) is 5.75 Å². The lowest BCUT2D eigenvalue weighted by atomic mass is 9.93. The lowest BCUT2D eigenvalue weighted by Gasteiger charge is -2.38. The van der Waals surface area contributed by atoms with E-state index in [1.807, 2.05) is 36.4 Å². The number of carbonyl (C=O) groups excluding carboxylic acids is 2. The topological polar surface area (TPSA) is 61.8 Å². The van der Waals surface area contributed by atoms with Crippen LogP contribution in [0, 0.1) is 7.14 Å². The Kier molecular flexibility index (Phi) is 6.66. The quantitative estimate of drug-likeness (QED) is 0.190. The largest absolute Gasteiger partial charge is 0.488 e. The Morgan fingerprint density at radius 3 is 2.40 bits per heavy atom. The third kappa shape index (κ3) is 4.99. The number of esters is 2. The summed E-state index contributed by atoms with van der Waals surface area (Å²) < 4.78 is 19.2. The molecule has 0 N–H and O–H groups in total. The lowest BCUT2D eigenvalue weighted by Crippen LogP contribution is -2.47. The summed E-state index contributed by atoms with van der Waals surface area (Å²) in [7, 11) is 0. The first-order valence-electron chi connectivity index (χ1n) is 9.79. The van der Waals surface area contributed by atoms with Crippen LogP contribution in [0.4, 0.5) is 0 Å². The molecule has 30 heavy (non-hydrogen) atoms. The van der Waals surface area contributed by atoms with Crippen molar-refractivity contribution in [1.29, 1.82) is 0 Å². The van der Waals surface area contributed by atoms with Crippen molar-refractivity contribution in [2.24, 2.45) is 0 Å². The molecule has 156 valence electrons. The zero-order chi connectivity index (χ0) is 21.1. The van der Waals surface area contributed by atoms with Gasteiger partial charge in [0.1, 0.15) is 17.9 Å². The average molecular weight is 630 g/mol. The molecule has 0 atom stereocenters. The van der Waals surface area contributed by atoms with Gasteiger partial charge in [-0.2, -0.15) is 0 Å². The molecule has 2 fully saturated rings. The van der Waals surface area contributed by atoms with E-state index < -0.39 is 17.7 Å². The van der Waals surface area contributed by atoms with Crippen LogP contribution in [0.3, 0.4) is 0 Å². The number of rotatable bonds is 4. The minimum absolute atomic E-state index is 0.0727. The number of hydrogen-bond donors (Lipinski definition) is 0. The Labute approximate surface area is 202 Å². The molecule has 4 rings (SSSR count). The lowest BCUT2D eigenvalue weighted by molar-refractivity contribution is -0.244. The molecule has 0 aromatic heterocycles. The van der Waals surface area contributed by atoms with E-state index in [1.165, 1.54) is 6.08 Å². The molecule has 5 nitrogen and oxygen atoms in total. The Balaban J connectivity index is 1.47. The summed E-state index contributed by atoms with van der Waals surface area (Å²) in [5, 5.41) is 0. The van der Waals surface area contributed by atoms with Gasteiger partial charge in [-0.25, -0.2) is 9.59 Å². The van der Waals surface area contributed by atoms with Crippen LogP contribution in [-0.2, 0) is 25.7 Å². The maximum atomic E-state index is 12.5. The number of benzene rings is 2. The van der Waals surface area contributed by atoms with Crippen molar-refractivity contribution < 1.29 is 23.8 Å². The first-order valence-corrected chi connectivity index (χ1v) is 12.0. The zero-order valence-corrected chi connectivity index (χ0v) is 20.5. The van der Waals surface area contributed by atoms with Gasteiger partial charge in [-0.15, -0.1) is 0 Å². The van der Waals surface area contributed by atoms with Crippen LogP contribution in [0.1, 0.15) is 43.2 Å². The third-order valence-electron chi connectivity index (χ3n) is 5.16. The molecule has 1 heterocycles. The Morgan fingerprint density at radius 2 is 1.70 bits per heavy atom. The van der Waals surface area contributed by atoms with Gasteiger partial charge in [0.25, 0.3) is 5.79 Å². The molecule has 0 amide bonds. The second-order valence-electron chi connectivity index (χ2n) is 7.42. The van der Waals surface area contributed by atoms with Crippen LogP contribution in [0.25, 0.3) is 6.08 Å². The van der Waals surface area contributed by atoms with E-state index in [2.05, 4.69) is 51.2 Å². The summed E-state index contributed by atoms with van der Waals surface area (Å²) >= 11 is 4.52. The van der Waals surface area contributed by atoms with E-state index in [1.54, 1.807) is 0 Å². The maximum absolute atomic E-state index is 12.5. The minimum atomic E-state index is -1.07. The predicted molar refractivity (Wildman–Crippen MR) is 129 cm³/mol. The van der Waals surface area contributed by atoms with E-state index in [4.69, 9.17) is 14.2 Å². The van der Waals surface area contributed by atoms with Crippen LogP contribution in [-0.4, -0.2) is 17.7 Å². The highest BCUT2D eigenvalue weighted by atomic mass is 127. The molecule has 2 aromatic rings. The van der Waals surface area contributed by atoms with Crippen LogP contribution >= 0.6 is 45.2 Å². The molecule has 1 spiro atoms. The fourth-order valence-electron chi connectivity index (χ4n) is 3.66. The molecular formula is C23H20I2O5. The number of ether oxygens (including phenoxy) is 3. The summed E-state index contributed by atoms with van der Waals surface area (Å²) in [6.07, 6.45) is 5.51. The molecule has 1 aliphatic heterocycles. The van der Waals surface area contributed by atoms with Gasteiger partial charge in [0.05, 0.1) is 3.57 Å². The first-order chi connectivity index (χ1) is 14.4. The summed E-state index contributed by atoms with van der Waals surface area (Å²) in [5.41, 5.74) is 1.58. The molecule has 2 aromatic carbocycles. The highest BCUT2D eigenvalue weighted by molar-refractivity contribution is 14.1. The van der Waals surface area contributed by atoms with Gasteiger partial charge in [-0.1, -0.05) is 24.6 Å². The summed E-state index contributed by atoms with van der Waals surface area (Å²) in [5.74, 6) is -1.46. The van der Waals surface area contributed by atoms with E-state index in [0.29, 0.717) is 19.4 Å². The second-order valence-corrected chi connectivity index (χ2v) is 9.82. The average Bonchev–Trinajstić information content (AvgIpc) is 2.71. The monoisotopic (exact) mass is 630 g/mol. The number of halogens is 2. The van der Waals surface area contributed by atoms with Crippen LogP contribution in [0.15, 0.2) is 48.0 Å². The van der Waals surface area contributed by atoms with E-state index in [0.717, 1.165) is 43.3 Å². The van der Waals surface area contributed by atoms with Gasteiger partial charge >= 0.3 is 11.9 Å². The van der Waals surface area contributed by atoms with Crippen LogP contribution in [0.2, 0.25) is 0 Å². The van der Waals surface area contributed by atoms with Crippen LogP contribution in [0.5, 0.6) is 5.75 Å². The number of carbonyl (C=O) groups is 2. The fraction of sp³-hybridized carbons (Fsp3) is 0.304. The van der Waals surface area contributed by atoms with Crippen LogP contribution < -0.4 is 4.74 Å². The first kappa shape index (κ1) is 21.6. The fourth-order valence-corrected chi connectivity index (χ4v) is 5.42. The highest BCUT2D eigenvalue weighted by Gasteiger charge is 2.46. The Bertz CT molecular complexity index is 986.